The Kier molecular flexibility index (Phi) is 2.86. The summed E-state index contributed by atoms with van der Waals surface area (Å²) in [6, 6.07) is 6.12. The van der Waals surface area contributed by atoms with E-state index in [4.69, 9.17) is 0 Å². The lowest BCUT2D eigenvalue weighted by molar-refractivity contribution is -0.137. The molecule has 2 heterocycles. The Morgan fingerprint density at radius 1 is 1.10 bits per heavy atom. The molecule has 0 saturated carbocycles. The number of aromatic nitrogens is 3. The van der Waals surface area contributed by atoms with E-state index in [0.29, 0.717) is 11.2 Å². The molecule has 0 unspecified atom stereocenters. The molecule has 7 heteroatoms. The van der Waals surface area contributed by atoms with Crippen LogP contribution >= 0.6 is 0 Å². The van der Waals surface area contributed by atoms with Crippen LogP contribution in [-0.4, -0.2) is 14.1 Å². The Bertz CT molecular complexity index is 860. The zero-order valence-electron chi connectivity index (χ0n) is 10.9. The lowest BCUT2D eigenvalue weighted by atomic mass is 10.2. The van der Waals surface area contributed by atoms with Gasteiger partial charge < -0.3 is 4.57 Å². The molecule has 4 nitrogen and oxygen atoms in total. The van der Waals surface area contributed by atoms with Gasteiger partial charge in [-0.1, -0.05) is 0 Å². The van der Waals surface area contributed by atoms with Crippen LogP contribution in [0.2, 0.25) is 0 Å². The molecule has 3 aromatic rings. The van der Waals surface area contributed by atoms with E-state index in [1.807, 2.05) is 0 Å². The maximum atomic E-state index is 12.5. The summed E-state index contributed by atoms with van der Waals surface area (Å²) in [7, 11) is 1.76. The molecule has 3 rings (SSSR count). The standard InChI is InChI=1S/C14H10F3N3O/c1-19-8-18-12-11(19)6-7-20(13(12)21)10-4-2-9(3-5-10)14(15,16)17/h2-8H,1H3. The zero-order chi connectivity index (χ0) is 15.2. The molecule has 0 spiro atoms. The highest BCUT2D eigenvalue weighted by Gasteiger charge is 2.30. The summed E-state index contributed by atoms with van der Waals surface area (Å²) in [5, 5.41) is 0. The van der Waals surface area contributed by atoms with Gasteiger partial charge in [-0.2, -0.15) is 13.2 Å². The van der Waals surface area contributed by atoms with Crippen molar-refractivity contribution in [1.29, 1.82) is 0 Å². The molecular formula is C14H10F3N3O. The summed E-state index contributed by atoms with van der Waals surface area (Å²) in [4.78, 5) is 16.3. The highest BCUT2D eigenvalue weighted by atomic mass is 19.4. The first-order valence-electron chi connectivity index (χ1n) is 6.08. The second-order valence-corrected chi connectivity index (χ2v) is 4.62. The molecule has 0 N–H and O–H groups in total. The Balaban J connectivity index is 2.13. The highest BCUT2D eigenvalue weighted by molar-refractivity contribution is 5.74. The van der Waals surface area contributed by atoms with Gasteiger partial charge in [-0.15, -0.1) is 0 Å². The summed E-state index contributed by atoms with van der Waals surface area (Å²) in [6.07, 6.45) is -1.35. The van der Waals surface area contributed by atoms with E-state index >= 15 is 0 Å². The number of hydrogen-bond acceptors (Lipinski definition) is 2. The Morgan fingerprint density at radius 2 is 1.76 bits per heavy atom. The minimum absolute atomic E-state index is 0.278. The van der Waals surface area contributed by atoms with Crippen molar-refractivity contribution in [3.8, 4) is 5.69 Å². The number of aryl methyl sites for hydroxylation is 1. The number of benzene rings is 1. The van der Waals surface area contributed by atoms with Crippen LogP contribution in [0.4, 0.5) is 13.2 Å². The van der Waals surface area contributed by atoms with Gasteiger partial charge in [0.2, 0.25) is 0 Å². The van der Waals surface area contributed by atoms with Gasteiger partial charge in [-0.25, -0.2) is 4.98 Å². The Morgan fingerprint density at radius 3 is 2.38 bits per heavy atom. The molecular weight excluding hydrogens is 283 g/mol. The van der Waals surface area contributed by atoms with Crippen molar-refractivity contribution in [3.63, 3.8) is 0 Å². The summed E-state index contributed by atoms with van der Waals surface area (Å²) in [5.74, 6) is 0. The fourth-order valence-corrected chi connectivity index (χ4v) is 2.14. The maximum Gasteiger partial charge on any atom is 0.416 e. The molecule has 0 fully saturated rings. The molecule has 0 aliphatic heterocycles. The summed E-state index contributed by atoms with van der Waals surface area (Å²) >= 11 is 0. The summed E-state index contributed by atoms with van der Waals surface area (Å²) < 4.78 is 40.6. The monoisotopic (exact) mass is 293 g/mol. The third-order valence-corrected chi connectivity index (χ3v) is 3.26. The van der Waals surface area contributed by atoms with E-state index in [1.165, 1.54) is 29.2 Å². The lowest BCUT2D eigenvalue weighted by Crippen LogP contribution is -2.18. The smallest absolute Gasteiger partial charge is 0.334 e. The molecule has 0 amide bonds. The van der Waals surface area contributed by atoms with Crippen molar-refractivity contribution >= 4 is 11.0 Å². The van der Waals surface area contributed by atoms with Crippen LogP contribution < -0.4 is 5.56 Å². The molecule has 0 aliphatic carbocycles. The third kappa shape index (κ3) is 2.20. The Labute approximate surface area is 117 Å². The topological polar surface area (TPSA) is 39.8 Å². The lowest BCUT2D eigenvalue weighted by Gasteiger charge is -2.09. The summed E-state index contributed by atoms with van der Waals surface area (Å²) in [6.45, 7) is 0. The van der Waals surface area contributed by atoms with Crippen LogP contribution in [0.5, 0.6) is 0 Å². The number of rotatable bonds is 1. The van der Waals surface area contributed by atoms with E-state index in [9.17, 15) is 18.0 Å². The molecule has 0 saturated heterocycles. The van der Waals surface area contributed by atoms with Crippen LogP contribution in [0.25, 0.3) is 16.7 Å². The predicted molar refractivity (Wildman–Crippen MR) is 71.3 cm³/mol. The van der Waals surface area contributed by atoms with Gasteiger partial charge in [-0.3, -0.25) is 9.36 Å². The highest BCUT2D eigenvalue weighted by Crippen LogP contribution is 2.29. The van der Waals surface area contributed by atoms with E-state index in [0.717, 1.165) is 12.1 Å². The van der Waals surface area contributed by atoms with Gasteiger partial charge in [0.1, 0.15) is 0 Å². The average Bonchev–Trinajstić information content (AvgIpc) is 2.81. The van der Waals surface area contributed by atoms with Crippen molar-refractivity contribution in [3.05, 3.63) is 58.8 Å². The molecule has 0 bridgehead atoms. The molecule has 0 aliphatic rings. The number of fused-ring (bicyclic) bond motifs is 1. The minimum atomic E-state index is -4.39. The number of halogens is 3. The van der Waals surface area contributed by atoms with Gasteiger partial charge >= 0.3 is 6.18 Å². The zero-order valence-corrected chi connectivity index (χ0v) is 10.9. The minimum Gasteiger partial charge on any atom is -0.334 e. The first kappa shape index (κ1) is 13.4. The number of hydrogen-bond donors (Lipinski definition) is 0. The second kappa shape index (κ2) is 4.47. The van der Waals surface area contributed by atoms with Crippen molar-refractivity contribution in [2.45, 2.75) is 6.18 Å². The van der Waals surface area contributed by atoms with Gasteiger partial charge in [0.15, 0.2) is 5.52 Å². The first-order chi connectivity index (χ1) is 9.88. The normalized spacial score (nSPS) is 12.0. The van der Waals surface area contributed by atoms with E-state index in [1.54, 1.807) is 17.7 Å². The Hall–Kier alpha value is -2.57. The first-order valence-corrected chi connectivity index (χ1v) is 6.08. The third-order valence-electron chi connectivity index (χ3n) is 3.26. The second-order valence-electron chi connectivity index (χ2n) is 4.62. The average molecular weight is 293 g/mol. The van der Waals surface area contributed by atoms with Crippen LogP contribution in [0, 0.1) is 0 Å². The van der Waals surface area contributed by atoms with Gasteiger partial charge in [-0.05, 0) is 30.3 Å². The fourth-order valence-electron chi connectivity index (χ4n) is 2.14. The van der Waals surface area contributed by atoms with Crippen molar-refractivity contribution in [2.75, 3.05) is 0 Å². The number of imidazole rings is 1. The van der Waals surface area contributed by atoms with Crippen LogP contribution in [-0.2, 0) is 13.2 Å². The number of nitrogens with zero attached hydrogens (tertiary/aromatic N) is 3. The number of alkyl halides is 3. The van der Waals surface area contributed by atoms with Crippen molar-refractivity contribution < 1.29 is 13.2 Å². The maximum absolute atomic E-state index is 12.5. The molecule has 21 heavy (non-hydrogen) atoms. The molecule has 1 aromatic carbocycles. The van der Waals surface area contributed by atoms with E-state index in [-0.39, 0.29) is 11.1 Å². The molecule has 0 radical (unpaired) electrons. The van der Waals surface area contributed by atoms with Crippen molar-refractivity contribution in [2.24, 2.45) is 7.05 Å². The van der Waals surface area contributed by atoms with Crippen LogP contribution in [0.3, 0.4) is 0 Å². The van der Waals surface area contributed by atoms with Crippen LogP contribution in [0.1, 0.15) is 5.56 Å². The molecule has 0 atom stereocenters. The summed E-state index contributed by atoms with van der Waals surface area (Å²) in [5.41, 5.74) is 0.190. The van der Waals surface area contributed by atoms with Crippen molar-refractivity contribution in [1.82, 2.24) is 14.1 Å². The van der Waals surface area contributed by atoms with E-state index in [2.05, 4.69) is 4.98 Å². The number of pyridine rings is 1. The van der Waals surface area contributed by atoms with E-state index < -0.39 is 11.7 Å². The van der Waals surface area contributed by atoms with Gasteiger partial charge in [0.05, 0.1) is 17.4 Å². The van der Waals surface area contributed by atoms with Gasteiger partial charge in [0.25, 0.3) is 5.56 Å². The molecule has 2 aromatic heterocycles. The van der Waals surface area contributed by atoms with Gasteiger partial charge in [0, 0.05) is 18.9 Å². The fraction of sp³-hybridized carbons (Fsp3) is 0.143. The predicted octanol–water partition coefficient (Wildman–Crippen LogP) is 2.74. The molecule has 108 valence electrons. The van der Waals surface area contributed by atoms with Crippen LogP contribution in [0.15, 0.2) is 47.7 Å². The quantitative estimate of drug-likeness (QED) is 0.692. The SMILES string of the molecule is Cn1cnc2c(=O)n(-c3ccc(C(F)(F)F)cc3)ccc21. The largest absolute Gasteiger partial charge is 0.416 e.